The molecule has 1 aromatic heterocycles. The summed E-state index contributed by atoms with van der Waals surface area (Å²) in [4.78, 5) is 0. The Balaban J connectivity index is 2.31. The molecule has 1 rings (SSSR count). The molecule has 0 bridgehead atoms. The third-order valence-corrected chi connectivity index (χ3v) is 4.03. The molecule has 0 aliphatic rings. The zero-order valence-corrected chi connectivity index (χ0v) is 14.0. The van der Waals surface area contributed by atoms with Crippen molar-refractivity contribution in [3.05, 3.63) is 18.2 Å². The average Bonchev–Trinajstić information content (AvgIpc) is 2.82. The number of hydrogen-bond acceptors (Lipinski definition) is 0. The van der Waals surface area contributed by atoms with Gasteiger partial charge >= 0.3 is 0 Å². The number of aryl methyl sites for hydroxylation is 2. The number of hydrogen-bond donors (Lipinski definition) is 0. The van der Waals surface area contributed by atoms with Gasteiger partial charge < -0.3 is 0 Å². The van der Waals surface area contributed by atoms with Gasteiger partial charge in [0.15, 0.2) is 0 Å². The molecule has 0 aliphatic carbocycles. The van der Waals surface area contributed by atoms with E-state index in [-0.39, 0.29) is 0 Å². The van der Waals surface area contributed by atoms with E-state index in [9.17, 15) is 0 Å². The summed E-state index contributed by atoms with van der Waals surface area (Å²) in [5.74, 6) is 1.53. The van der Waals surface area contributed by atoms with Gasteiger partial charge in [0.05, 0.1) is 13.1 Å². The summed E-state index contributed by atoms with van der Waals surface area (Å²) >= 11 is 0. The Labute approximate surface area is 126 Å². The van der Waals surface area contributed by atoms with E-state index < -0.39 is 0 Å². The van der Waals surface area contributed by atoms with Crippen LogP contribution in [0, 0.1) is 0 Å². The maximum absolute atomic E-state index is 2.49. The Morgan fingerprint density at radius 1 is 0.850 bits per heavy atom. The van der Waals surface area contributed by atoms with Gasteiger partial charge in [-0.15, -0.1) is 0 Å². The topological polar surface area (TPSA) is 8.81 Å². The van der Waals surface area contributed by atoms with Crippen molar-refractivity contribution in [2.75, 3.05) is 0 Å². The molecule has 0 saturated carbocycles. The van der Waals surface area contributed by atoms with Crippen LogP contribution in [0.1, 0.15) is 84.4 Å². The lowest BCUT2D eigenvalue weighted by atomic mass is 10.1. The zero-order chi connectivity index (χ0) is 14.6. The Hall–Kier alpha value is -0.790. The van der Waals surface area contributed by atoms with Gasteiger partial charge in [-0.2, -0.15) is 0 Å². The zero-order valence-electron chi connectivity index (χ0n) is 14.0. The maximum atomic E-state index is 2.49. The molecule has 1 heterocycles. The standard InChI is InChI=1S/C18H35N2/c1-4-7-8-9-10-11-12-15-20-17-16-19(14-6-3)18(20)13-5-2/h16-17H,4-15H2,1-3H3/q+1. The van der Waals surface area contributed by atoms with Gasteiger partial charge in [-0.05, 0) is 25.7 Å². The minimum absolute atomic E-state index is 1.17. The SMILES string of the molecule is CCCCCCCCCn1cc[n+](CCC)c1CCC. The van der Waals surface area contributed by atoms with Gasteiger partial charge in [0, 0.05) is 6.42 Å². The third kappa shape index (κ3) is 6.11. The molecule has 0 fully saturated rings. The molecule has 0 amide bonds. The van der Waals surface area contributed by atoms with Gasteiger partial charge in [-0.1, -0.05) is 52.9 Å². The Morgan fingerprint density at radius 2 is 1.55 bits per heavy atom. The third-order valence-electron chi connectivity index (χ3n) is 4.03. The fourth-order valence-corrected chi connectivity index (χ4v) is 2.90. The summed E-state index contributed by atoms with van der Waals surface area (Å²) < 4.78 is 4.94. The van der Waals surface area contributed by atoms with Crippen LogP contribution in [0.2, 0.25) is 0 Å². The molecule has 0 N–H and O–H groups in total. The van der Waals surface area contributed by atoms with Crippen molar-refractivity contribution >= 4 is 0 Å². The normalized spacial score (nSPS) is 11.2. The molecular formula is C18H35N2+. The lowest BCUT2D eigenvalue weighted by Gasteiger charge is -2.04. The molecule has 0 aliphatic heterocycles. The van der Waals surface area contributed by atoms with Crippen molar-refractivity contribution in [1.82, 2.24) is 4.57 Å². The number of unbranched alkanes of at least 4 members (excludes halogenated alkanes) is 6. The first-order chi connectivity index (χ1) is 9.83. The molecule has 0 aromatic carbocycles. The highest BCUT2D eigenvalue weighted by molar-refractivity contribution is 4.84. The molecular weight excluding hydrogens is 244 g/mol. The summed E-state index contributed by atoms with van der Waals surface area (Å²) in [6.07, 6.45) is 18.0. The molecule has 0 saturated heterocycles. The van der Waals surface area contributed by atoms with Gasteiger partial charge in [0.2, 0.25) is 0 Å². The van der Waals surface area contributed by atoms with E-state index in [1.807, 2.05) is 0 Å². The van der Waals surface area contributed by atoms with E-state index in [0.717, 1.165) is 0 Å². The first-order valence-corrected chi connectivity index (χ1v) is 8.90. The van der Waals surface area contributed by atoms with E-state index in [2.05, 4.69) is 42.3 Å². The van der Waals surface area contributed by atoms with E-state index in [4.69, 9.17) is 0 Å². The second-order valence-corrected chi connectivity index (χ2v) is 5.97. The predicted octanol–water partition coefficient (Wildman–Crippen LogP) is 4.89. The monoisotopic (exact) mass is 279 g/mol. The highest BCUT2D eigenvalue weighted by Crippen LogP contribution is 2.09. The van der Waals surface area contributed by atoms with E-state index in [0.29, 0.717) is 0 Å². The van der Waals surface area contributed by atoms with Crippen LogP contribution in [-0.2, 0) is 19.5 Å². The van der Waals surface area contributed by atoms with Crippen LogP contribution in [0.5, 0.6) is 0 Å². The lowest BCUT2D eigenvalue weighted by molar-refractivity contribution is -0.703. The summed E-state index contributed by atoms with van der Waals surface area (Å²) in [7, 11) is 0. The molecule has 0 atom stereocenters. The number of rotatable bonds is 12. The molecule has 0 radical (unpaired) electrons. The lowest BCUT2D eigenvalue weighted by Crippen LogP contribution is -2.37. The van der Waals surface area contributed by atoms with Crippen molar-refractivity contribution in [1.29, 1.82) is 0 Å². The van der Waals surface area contributed by atoms with Crippen LogP contribution >= 0.6 is 0 Å². The molecule has 2 heteroatoms. The Kier molecular flexibility index (Phi) is 9.44. The van der Waals surface area contributed by atoms with Crippen molar-refractivity contribution in [2.45, 2.75) is 98.1 Å². The van der Waals surface area contributed by atoms with Crippen LogP contribution in [-0.4, -0.2) is 4.57 Å². The highest BCUT2D eigenvalue weighted by atomic mass is 15.1. The number of imidazole rings is 1. The fourth-order valence-electron chi connectivity index (χ4n) is 2.90. The molecule has 1 aromatic rings. The minimum atomic E-state index is 1.17. The summed E-state index contributed by atoms with van der Waals surface area (Å²) in [5.41, 5.74) is 0. The molecule has 116 valence electrons. The van der Waals surface area contributed by atoms with E-state index in [1.54, 1.807) is 0 Å². The fraction of sp³-hybridized carbons (Fsp3) is 0.833. The number of nitrogens with zero attached hydrogens (tertiary/aromatic N) is 2. The summed E-state index contributed by atoms with van der Waals surface area (Å²) in [6, 6.07) is 0. The second kappa shape index (κ2) is 10.9. The highest BCUT2D eigenvalue weighted by Gasteiger charge is 2.14. The van der Waals surface area contributed by atoms with Gasteiger partial charge in [0.25, 0.3) is 5.82 Å². The van der Waals surface area contributed by atoms with Gasteiger partial charge in [0.1, 0.15) is 12.4 Å². The van der Waals surface area contributed by atoms with Gasteiger partial charge in [-0.3, -0.25) is 0 Å². The van der Waals surface area contributed by atoms with E-state index in [1.165, 1.54) is 83.1 Å². The summed E-state index contributed by atoms with van der Waals surface area (Å²) in [5, 5.41) is 0. The average molecular weight is 279 g/mol. The second-order valence-electron chi connectivity index (χ2n) is 5.97. The largest absolute Gasteiger partial charge is 0.256 e. The van der Waals surface area contributed by atoms with Crippen molar-refractivity contribution in [3.8, 4) is 0 Å². The number of aromatic nitrogens is 2. The van der Waals surface area contributed by atoms with Gasteiger partial charge in [-0.25, -0.2) is 9.13 Å². The Bertz CT molecular complexity index is 341. The first-order valence-electron chi connectivity index (χ1n) is 8.90. The molecule has 2 nitrogen and oxygen atoms in total. The van der Waals surface area contributed by atoms with E-state index >= 15 is 0 Å². The van der Waals surface area contributed by atoms with Crippen LogP contribution < -0.4 is 4.57 Å². The van der Waals surface area contributed by atoms with Crippen molar-refractivity contribution in [2.24, 2.45) is 0 Å². The molecule has 20 heavy (non-hydrogen) atoms. The van der Waals surface area contributed by atoms with Crippen LogP contribution in [0.4, 0.5) is 0 Å². The maximum Gasteiger partial charge on any atom is 0.256 e. The van der Waals surface area contributed by atoms with Crippen molar-refractivity contribution < 1.29 is 4.57 Å². The molecule has 0 spiro atoms. The predicted molar refractivity (Wildman–Crippen MR) is 86.9 cm³/mol. The van der Waals surface area contributed by atoms with Crippen LogP contribution in [0.15, 0.2) is 12.4 Å². The van der Waals surface area contributed by atoms with Crippen LogP contribution in [0.3, 0.4) is 0 Å². The Morgan fingerprint density at radius 3 is 2.20 bits per heavy atom. The minimum Gasteiger partial charge on any atom is -0.234 e. The molecule has 0 unspecified atom stereocenters. The smallest absolute Gasteiger partial charge is 0.234 e. The summed E-state index contributed by atoms with van der Waals surface area (Å²) in [6.45, 7) is 9.20. The van der Waals surface area contributed by atoms with Crippen molar-refractivity contribution in [3.63, 3.8) is 0 Å². The van der Waals surface area contributed by atoms with Crippen LogP contribution in [0.25, 0.3) is 0 Å². The first kappa shape index (κ1) is 17.3. The quantitative estimate of drug-likeness (QED) is 0.380.